The van der Waals surface area contributed by atoms with Gasteiger partial charge in [0.15, 0.2) is 0 Å². The van der Waals surface area contributed by atoms with Gasteiger partial charge in [-0.2, -0.15) is 0 Å². The summed E-state index contributed by atoms with van der Waals surface area (Å²) in [4.78, 5) is 18.4. The number of anilines is 1. The first-order valence-corrected chi connectivity index (χ1v) is 13.1. The maximum atomic E-state index is 12.8. The van der Waals surface area contributed by atoms with E-state index in [0.717, 1.165) is 40.6 Å². The maximum absolute atomic E-state index is 12.8. The minimum atomic E-state index is -0.182. The van der Waals surface area contributed by atoms with E-state index in [1.165, 1.54) is 16.3 Å². The van der Waals surface area contributed by atoms with Crippen LogP contribution in [0.2, 0.25) is 0 Å². The zero-order valence-electron chi connectivity index (χ0n) is 18.7. The molecule has 3 aromatic rings. The number of unbranched alkanes of at least 4 members (excludes halogenated alkanes) is 1. The second-order valence-electron chi connectivity index (χ2n) is 7.63. The van der Waals surface area contributed by atoms with Gasteiger partial charge < -0.3 is 10.6 Å². The summed E-state index contributed by atoms with van der Waals surface area (Å²) in [5.41, 5.74) is 3.02. The third kappa shape index (κ3) is 6.17. The highest BCUT2D eigenvalue weighted by Gasteiger charge is 2.16. The number of aryl methyl sites for hydroxylation is 1. The van der Waals surface area contributed by atoms with Crippen LogP contribution < -0.4 is 10.6 Å². The molecule has 0 saturated heterocycles. The summed E-state index contributed by atoms with van der Waals surface area (Å²) in [5, 5.41) is 9.48. The Hall–Kier alpha value is -2.18. The van der Waals surface area contributed by atoms with E-state index < -0.39 is 0 Å². The summed E-state index contributed by atoms with van der Waals surface area (Å²) in [5.74, 6) is 0.284. The normalized spacial score (nSPS) is 12.0. The van der Waals surface area contributed by atoms with Gasteiger partial charge in [0.2, 0.25) is 0 Å². The largest absolute Gasteiger partial charge is 0.337 e. The number of nitrogens with zero attached hydrogens (tertiary/aromatic N) is 1. The summed E-state index contributed by atoms with van der Waals surface area (Å²) in [7, 11) is 0. The molecule has 164 valence electrons. The molecular formula is C25H31N3OS2. The number of rotatable bonds is 9. The molecule has 3 rings (SSSR count). The van der Waals surface area contributed by atoms with Crippen LogP contribution in [0.4, 0.5) is 10.5 Å². The third-order valence-corrected chi connectivity index (χ3v) is 6.83. The molecule has 0 bridgehead atoms. The molecule has 4 nitrogen and oxygen atoms in total. The van der Waals surface area contributed by atoms with Crippen molar-refractivity contribution in [2.24, 2.45) is 0 Å². The molecule has 1 unspecified atom stereocenters. The van der Waals surface area contributed by atoms with E-state index in [0.29, 0.717) is 6.54 Å². The topological polar surface area (TPSA) is 54.0 Å². The van der Waals surface area contributed by atoms with Gasteiger partial charge in [-0.1, -0.05) is 62.2 Å². The smallest absolute Gasteiger partial charge is 0.319 e. The van der Waals surface area contributed by atoms with Crippen LogP contribution in [0.1, 0.15) is 43.4 Å². The highest BCUT2D eigenvalue weighted by atomic mass is 32.2. The summed E-state index contributed by atoms with van der Waals surface area (Å²) in [6.07, 6.45) is 7.32. The SMILES string of the molecule is CCCCC(CNC(=O)Nc1c(SC)cc(C)nc1SC)c1ccc2ccccc2c1. The summed E-state index contributed by atoms with van der Waals surface area (Å²) < 4.78 is 0. The quantitative estimate of drug-likeness (QED) is 0.340. The number of aromatic nitrogens is 1. The molecule has 2 amide bonds. The molecule has 0 radical (unpaired) electrons. The summed E-state index contributed by atoms with van der Waals surface area (Å²) in [6, 6.07) is 16.9. The van der Waals surface area contributed by atoms with Crippen LogP contribution in [0, 0.1) is 6.92 Å². The van der Waals surface area contributed by atoms with Crippen LogP contribution >= 0.6 is 23.5 Å². The van der Waals surface area contributed by atoms with Crippen molar-refractivity contribution in [3.8, 4) is 0 Å². The lowest BCUT2D eigenvalue weighted by Gasteiger charge is -2.20. The molecule has 2 N–H and O–H groups in total. The lowest BCUT2D eigenvalue weighted by atomic mass is 9.92. The molecule has 31 heavy (non-hydrogen) atoms. The first-order chi connectivity index (χ1) is 15.0. The third-order valence-electron chi connectivity index (χ3n) is 5.39. The maximum Gasteiger partial charge on any atom is 0.319 e. The second-order valence-corrected chi connectivity index (χ2v) is 9.27. The number of carbonyl (C=O) groups excluding carboxylic acids is 1. The Morgan fingerprint density at radius 2 is 1.84 bits per heavy atom. The lowest BCUT2D eigenvalue weighted by Crippen LogP contribution is -2.33. The van der Waals surface area contributed by atoms with Crippen LogP contribution in [0.25, 0.3) is 10.8 Å². The highest BCUT2D eigenvalue weighted by Crippen LogP contribution is 2.33. The predicted molar refractivity (Wildman–Crippen MR) is 136 cm³/mol. The number of benzene rings is 2. The number of thioether (sulfide) groups is 2. The van der Waals surface area contributed by atoms with Crippen molar-refractivity contribution in [1.29, 1.82) is 0 Å². The van der Waals surface area contributed by atoms with Crippen molar-refractivity contribution in [2.45, 2.75) is 48.9 Å². The molecule has 0 fully saturated rings. The Kier molecular flexibility index (Phi) is 8.67. The van der Waals surface area contributed by atoms with Crippen molar-refractivity contribution in [3.05, 3.63) is 59.8 Å². The van der Waals surface area contributed by atoms with Crippen molar-refractivity contribution in [3.63, 3.8) is 0 Å². The Morgan fingerprint density at radius 1 is 1.06 bits per heavy atom. The van der Waals surface area contributed by atoms with Gasteiger partial charge in [0.05, 0.1) is 5.69 Å². The fourth-order valence-corrected chi connectivity index (χ4v) is 5.02. The van der Waals surface area contributed by atoms with Crippen LogP contribution in [0.3, 0.4) is 0 Å². The minimum absolute atomic E-state index is 0.182. The zero-order chi connectivity index (χ0) is 22.2. The molecule has 1 aromatic heterocycles. The van der Waals surface area contributed by atoms with Gasteiger partial charge in [-0.25, -0.2) is 9.78 Å². The van der Waals surface area contributed by atoms with E-state index in [1.54, 1.807) is 23.5 Å². The molecule has 2 aromatic carbocycles. The highest BCUT2D eigenvalue weighted by molar-refractivity contribution is 7.99. The Morgan fingerprint density at radius 3 is 2.55 bits per heavy atom. The number of urea groups is 1. The van der Waals surface area contributed by atoms with E-state index in [9.17, 15) is 4.79 Å². The van der Waals surface area contributed by atoms with E-state index >= 15 is 0 Å². The number of carbonyl (C=O) groups is 1. The van der Waals surface area contributed by atoms with Crippen molar-refractivity contribution >= 4 is 46.0 Å². The molecule has 0 spiro atoms. The van der Waals surface area contributed by atoms with E-state index in [2.05, 4.69) is 65.0 Å². The van der Waals surface area contributed by atoms with E-state index in [4.69, 9.17) is 0 Å². The Labute approximate surface area is 194 Å². The van der Waals surface area contributed by atoms with Gasteiger partial charge in [-0.15, -0.1) is 23.5 Å². The average Bonchev–Trinajstić information content (AvgIpc) is 2.79. The number of hydrogen-bond donors (Lipinski definition) is 2. The fourth-order valence-electron chi connectivity index (χ4n) is 3.71. The number of pyridine rings is 1. The van der Waals surface area contributed by atoms with Crippen LogP contribution in [-0.4, -0.2) is 30.1 Å². The summed E-state index contributed by atoms with van der Waals surface area (Å²) >= 11 is 3.17. The Balaban J connectivity index is 1.73. The van der Waals surface area contributed by atoms with E-state index in [1.807, 2.05) is 25.5 Å². The molecule has 0 saturated carbocycles. The van der Waals surface area contributed by atoms with E-state index in [-0.39, 0.29) is 11.9 Å². The van der Waals surface area contributed by atoms with Crippen LogP contribution in [0.15, 0.2) is 58.5 Å². The summed E-state index contributed by atoms with van der Waals surface area (Å²) in [6.45, 7) is 4.79. The zero-order valence-corrected chi connectivity index (χ0v) is 20.3. The molecule has 0 aliphatic heterocycles. The number of amides is 2. The van der Waals surface area contributed by atoms with Crippen molar-refractivity contribution in [2.75, 3.05) is 24.4 Å². The average molecular weight is 454 g/mol. The monoisotopic (exact) mass is 453 g/mol. The Bertz CT molecular complexity index is 1010. The standard InChI is InChI=1S/C25H31N3OS2/c1-5-6-9-21(20-13-12-18-10-7-8-11-19(18)15-20)16-26-25(29)28-23-22(30-3)14-17(2)27-24(23)31-4/h7-8,10-15,21H,5-6,9,16H2,1-4H3,(H2,26,28,29). The van der Waals surface area contributed by atoms with Crippen molar-refractivity contribution < 1.29 is 4.79 Å². The van der Waals surface area contributed by atoms with Crippen LogP contribution in [0.5, 0.6) is 0 Å². The lowest BCUT2D eigenvalue weighted by molar-refractivity contribution is 0.251. The first-order valence-electron chi connectivity index (χ1n) is 10.7. The fraction of sp³-hybridized carbons (Fsp3) is 0.360. The molecule has 0 aliphatic carbocycles. The molecule has 1 atom stereocenters. The first kappa shape index (κ1) is 23.5. The number of hydrogen-bond acceptors (Lipinski definition) is 4. The molecule has 0 aliphatic rings. The van der Waals surface area contributed by atoms with Gasteiger partial charge in [0.25, 0.3) is 0 Å². The van der Waals surface area contributed by atoms with Gasteiger partial charge >= 0.3 is 6.03 Å². The molecular weight excluding hydrogens is 422 g/mol. The number of nitrogens with one attached hydrogen (secondary N) is 2. The number of fused-ring (bicyclic) bond motifs is 1. The van der Waals surface area contributed by atoms with Gasteiger partial charge in [0, 0.05) is 23.1 Å². The van der Waals surface area contributed by atoms with Crippen molar-refractivity contribution in [1.82, 2.24) is 10.3 Å². The van der Waals surface area contributed by atoms with Gasteiger partial charge in [-0.05, 0) is 48.3 Å². The molecule has 6 heteroatoms. The predicted octanol–water partition coefficient (Wildman–Crippen LogP) is 7.08. The van der Waals surface area contributed by atoms with Gasteiger partial charge in [0.1, 0.15) is 5.03 Å². The van der Waals surface area contributed by atoms with Gasteiger partial charge in [-0.3, -0.25) is 0 Å². The van der Waals surface area contributed by atoms with Crippen LogP contribution in [-0.2, 0) is 0 Å². The minimum Gasteiger partial charge on any atom is -0.337 e. The molecule has 1 heterocycles. The second kappa shape index (κ2) is 11.4.